The number of carboxylic acid groups (broad SMARTS) is 1. The largest absolute Gasteiger partial charge is 0.480 e. The Morgan fingerprint density at radius 1 is 1.09 bits per heavy atom. The summed E-state index contributed by atoms with van der Waals surface area (Å²) in [7, 11) is 1.45. The van der Waals surface area contributed by atoms with Gasteiger partial charge in [0.05, 0.1) is 6.20 Å². The van der Waals surface area contributed by atoms with Crippen molar-refractivity contribution in [2.24, 2.45) is 7.05 Å². The molecule has 4 rings (SSSR count). The normalized spacial score (nSPS) is 13.1. The van der Waals surface area contributed by atoms with Crippen LogP contribution in [-0.2, 0) is 16.6 Å². The molecule has 182 valence electrons. The number of hydrogen-bond donors (Lipinski definition) is 3. The highest BCUT2D eigenvalue weighted by atomic mass is 19.3. The molecule has 0 aliphatic heterocycles. The number of alkyl halides is 2. The lowest BCUT2D eigenvalue weighted by Crippen LogP contribution is -2.42. The predicted molar refractivity (Wildman–Crippen MR) is 121 cm³/mol. The molecule has 0 saturated heterocycles. The number of aliphatic carboxylic acids is 1. The summed E-state index contributed by atoms with van der Waals surface area (Å²) in [6.45, 7) is 0.0364. The molecule has 9 nitrogen and oxygen atoms in total. The second-order valence-electron chi connectivity index (χ2n) is 7.97. The van der Waals surface area contributed by atoms with Crippen molar-refractivity contribution in [1.82, 2.24) is 15.1 Å². The molecule has 3 aromatic rings. The van der Waals surface area contributed by atoms with E-state index in [-0.39, 0.29) is 23.9 Å². The number of rotatable bonds is 8. The molecule has 0 radical (unpaired) electrons. The fraction of sp³-hybridized carbons (Fsp3) is 0.250. The lowest BCUT2D eigenvalue weighted by molar-refractivity contribution is -0.140. The van der Waals surface area contributed by atoms with Crippen LogP contribution in [0.15, 0.2) is 54.7 Å². The Morgan fingerprint density at radius 3 is 2.26 bits per heavy atom. The van der Waals surface area contributed by atoms with Crippen LogP contribution in [0.1, 0.15) is 33.8 Å². The van der Waals surface area contributed by atoms with Gasteiger partial charge < -0.3 is 15.2 Å². The van der Waals surface area contributed by atoms with Crippen LogP contribution in [0.4, 0.5) is 19.4 Å². The molecule has 1 aliphatic rings. The number of nitrogens with one attached hydrogen (secondary N) is 2. The number of halogens is 2. The highest BCUT2D eigenvalue weighted by Crippen LogP contribution is 2.44. The van der Waals surface area contributed by atoms with E-state index in [9.17, 15) is 23.2 Å². The number of carbonyl (C=O) groups is 3. The highest BCUT2D eigenvalue weighted by molar-refractivity contribution is 6.02. The van der Waals surface area contributed by atoms with Gasteiger partial charge in [-0.25, -0.2) is 18.4 Å². The minimum absolute atomic E-state index is 0.0364. The molecule has 1 aromatic heterocycles. The quantitative estimate of drug-likeness (QED) is 0.449. The number of ether oxygens (including phenoxy) is 1. The summed E-state index contributed by atoms with van der Waals surface area (Å²) in [4.78, 5) is 36.3. The molecule has 3 N–H and O–H groups in total. The standard InChI is InChI=1S/C24H22F2N4O5/c1-30-21(17(11-27-30)22(31)28-19(23(32)33)10-20(25)26)29-24(34)35-12-18-15-8-4-2-6-13(15)14-7-3-5-9-16(14)18/h2-9,11,18-20H,10,12H2,1H3,(H,28,31)(H,29,34)(H,32,33). The Morgan fingerprint density at radius 2 is 1.69 bits per heavy atom. The number of nitrogens with zero attached hydrogens (tertiary/aromatic N) is 2. The minimum atomic E-state index is -2.93. The third kappa shape index (κ3) is 4.98. The Hall–Kier alpha value is -4.28. The van der Waals surface area contributed by atoms with Gasteiger partial charge in [-0.3, -0.25) is 14.8 Å². The number of carboxylic acids is 1. The summed E-state index contributed by atoms with van der Waals surface area (Å²) < 4.78 is 31.9. The van der Waals surface area contributed by atoms with Gasteiger partial charge in [-0.1, -0.05) is 48.5 Å². The topological polar surface area (TPSA) is 123 Å². The van der Waals surface area contributed by atoms with Crippen LogP contribution >= 0.6 is 0 Å². The van der Waals surface area contributed by atoms with Gasteiger partial charge in [0.15, 0.2) is 0 Å². The van der Waals surface area contributed by atoms with Crippen LogP contribution in [-0.4, -0.2) is 51.9 Å². The van der Waals surface area contributed by atoms with E-state index in [0.29, 0.717) is 0 Å². The molecular formula is C24H22F2N4O5. The number of benzene rings is 2. The van der Waals surface area contributed by atoms with E-state index in [1.165, 1.54) is 11.7 Å². The van der Waals surface area contributed by atoms with Crippen LogP contribution in [0.25, 0.3) is 11.1 Å². The Bertz CT molecular complexity index is 1230. The molecule has 2 amide bonds. The highest BCUT2D eigenvalue weighted by Gasteiger charge is 2.30. The first kappa shape index (κ1) is 23.9. The molecular weight excluding hydrogens is 462 g/mol. The van der Waals surface area contributed by atoms with E-state index in [0.717, 1.165) is 28.5 Å². The van der Waals surface area contributed by atoms with E-state index in [2.05, 4.69) is 10.4 Å². The monoisotopic (exact) mass is 484 g/mol. The van der Waals surface area contributed by atoms with Crippen molar-refractivity contribution in [2.45, 2.75) is 24.8 Å². The van der Waals surface area contributed by atoms with Crippen molar-refractivity contribution >= 4 is 23.8 Å². The van der Waals surface area contributed by atoms with E-state index >= 15 is 0 Å². The summed E-state index contributed by atoms with van der Waals surface area (Å²) in [6, 6.07) is 13.9. The molecule has 1 aliphatic carbocycles. The average Bonchev–Trinajstić information content (AvgIpc) is 3.34. The van der Waals surface area contributed by atoms with Gasteiger partial charge in [0.1, 0.15) is 24.0 Å². The third-order valence-electron chi connectivity index (χ3n) is 5.76. The Labute approximate surface area is 198 Å². The molecule has 0 saturated carbocycles. The van der Waals surface area contributed by atoms with Crippen molar-refractivity contribution in [2.75, 3.05) is 11.9 Å². The van der Waals surface area contributed by atoms with Gasteiger partial charge in [-0.15, -0.1) is 0 Å². The zero-order valence-electron chi connectivity index (χ0n) is 18.6. The molecule has 11 heteroatoms. The van der Waals surface area contributed by atoms with Gasteiger partial charge in [-0.2, -0.15) is 5.10 Å². The second kappa shape index (κ2) is 9.92. The first-order valence-corrected chi connectivity index (χ1v) is 10.7. The fourth-order valence-corrected chi connectivity index (χ4v) is 4.12. The first-order valence-electron chi connectivity index (χ1n) is 10.7. The van der Waals surface area contributed by atoms with Gasteiger partial charge in [0.2, 0.25) is 6.43 Å². The Kier molecular flexibility index (Phi) is 6.76. The minimum Gasteiger partial charge on any atom is -0.480 e. The van der Waals surface area contributed by atoms with E-state index in [4.69, 9.17) is 9.84 Å². The van der Waals surface area contributed by atoms with Crippen LogP contribution in [0.3, 0.4) is 0 Å². The van der Waals surface area contributed by atoms with Gasteiger partial charge >= 0.3 is 12.1 Å². The van der Waals surface area contributed by atoms with Crippen molar-refractivity contribution in [3.63, 3.8) is 0 Å². The smallest absolute Gasteiger partial charge is 0.412 e. The number of anilines is 1. The fourth-order valence-electron chi connectivity index (χ4n) is 4.12. The molecule has 35 heavy (non-hydrogen) atoms. The molecule has 0 bridgehead atoms. The van der Waals surface area contributed by atoms with Crippen LogP contribution < -0.4 is 10.6 Å². The summed E-state index contributed by atoms with van der Waals surface area (Å²) in [5.74, 6) is -2.82. The molecule has 1 unspecified atom stereocenters. The maximum absolute atomic E-state index is 12.6. The van der Waals surface area contributed by atoms with Crippen molar-refractivity contribution < 1.29 is 33.0 Å². The van der Waals surface area contributed by atoms with Crippen molar-refractivity contribution in [1.29, 1.82) is 0 Å². The number of fused-ring (bicyclic) bond motifs is 3. The van der Waals surface area contributed by atoms with Gasteiger partial charge in [-0.05, 0) is 22.3 Å². The number of aromatic nitrogens is 2. The number of amides is 2. The molecule has 1 atom stereocenters. The van der Waals surface area contributed by atoms with Gasteiger partial charge in [0, 0.05) is 19.4 Å². The van der Waals surface area contributed by atoms with Crippen LogP contribution in [0.2, 0.25) is 0 Å². The number of aryl methyl sites for hydroxylation is 1. The third-order valence-corrected chi connectivity index (χ3v) is 5.76. The molecule has 2 aromatic carbocycles. The maximum Gasteiger partial charge on any atom is 0.412 e. The lowest BCUT2D eigenvalue weighted by Gasteiger charge is -2.16. The summed E-state index contributed by atoms with van der Waals surface area (Å²) in [6.07, 6.45) is -3.75. The summed E-state index contributed by atoms with van der Waals surface area (Å²) in [5.41, 5.74) is 4.00. The zero-order valence-corrected chi connectivity index (χ0v) is 18.6. The second-order valence-corrected chi connectivity index (χ2v) is 7.97. The van der Waals surface area contributed by atoms with Crippen LogP contribution in [0, 0.1) is 0 Å². The average molecular weight is 484 g/mol. The zero-order chi connectivity index (χ0) is 25.1. The van der Waals surface area contributed by atoms with E-state index in [1.807, 2.05) is 53.8 Å². The Balaban J connectivity index is 1.45. The van der Waals surface area contributed by atoms with Crippen molar-refractivity contribution in [3.8, 4) is 11.1 Å². The first-order chi connectivity index (χ1) is 16.8. The summed E-state index contributed by atoms with van der Waals surface area (Å²) in [5, 5.41) is 17.4. The predicted octanol–water partition coefficient (Wildman–Crippen LogP) is 3.62. The lowest BCUT2D eigenvalue weighted by atomic mass is 9.98. The SMILES string of the molecule is Cn1ncc(C(=O)NC(CC(F)F)C(=O)O)c1NC(=O)OCC1c2ccccc2-c2ccccc21. The van der Waals surface area contributed by atoms with Crippen molar-refractivity contribution in [3.05, 3.63) is 71.4 Å². The molecule has 1 heterocycles. The molecule has 0 fully saturated rings. The number of carbonyl (C=O) groups excluding carboxylic acids is 2. The number of hydrogen-bond acceptors (Lipinski definition) is 5. The van der Waals surface area contributed by atoms with Crippen LogP contribution in [0.5, 0.6) is 0 Å². The maximum atomic E-state index is 12.6. The van der Waals surface area contributed by atoms with Gasteiger partial charge in [0.25, 0.3) is 5.91 Å². The molecule has 0 spiro atoms. The van der Waals surface area contributed by atoms with E-state index in [1.54, 1.807) is 0 Å². The summed E-state index contributed by atoms with van der Waals surface area (Å²) >= 11 is 0. The van der Waals surface area contributed by atoms with E-state index < -0.39 is 36.9 Å².